The Hall–Kier alpha value is -0.760. The van der Waals surface area contributed by atoms with Crippen LogP contribution in [0.4, 0.5) is 0 Å². The highest BCUT2D eigenvalue weighted by atomic mass is 31.2. The van der Waals surface area contributed by atoms with Crippen molar-refractivity contribution in [1.82, 2.24) is 5.32 Å². The van der Waals surface area contributed by atoms with Crippen LogP contribution in [-0.4, -0.2) is 73.4 Å². The summed E-state index contributed by atoms with van der Waals surface area (Å²) >= 11 is 0. The van der Waals surface area contributed by atoms with Crippen molar-refractivity contribution in [1.29, 1.82) is 0 Å². The number of rotatable bonds is 34. The van der Waals surface area contributed by atoms with Gasteiger partial charge in [0.2, 0.25) is 5.91 Å². The minimum absolute atomic E-state index is 0.0716. The Balaban J connectivity index is 4.52. The molecule has 0 fully saturated rings. The zero-order valence-corrected chi connectivity index (χ0v) is 31.7. The van der Waals surface area contributed by atoms with E-state index in [1.807, 2.05) is 21.1 Å². The summed E-state index contributed by atoms with van der Waals surface area (Å²) in [6.45, 7) is 4.83. The zero-order chi connectivity index (χ0) is 34.4. The van der Waals surface area contributed by atoms with Crippen LogP contribution in [0.3, 0.4) is 0 Å². The lowest BCUT2D eigenvalue weighted by molar-refractivity contribution is -0.870. The molecule has 0 aromatic heterocycles. The smallest absolute Gasteiger partial charge is 0.391 e. The molecule has 0 rings (SSSR count). The van der Waals surface area contributed by atoms with Crippen LogP contribution < -0.4 is 5.32 Å². The molecule has 0 heterocycles. The average molecular weight is 676 g/mol. The molecule has 0 aromatic rings. The summed E-state index contributed by atoms with van der Waals surface area (Å²) < 4.78 is 23.5. The van der Waals surface area contributed by atoms with Crippen LogP contribution >= 0.6 is 7.82 Å². The van der Waals surface area contributed by atoms with E-state index in [1.165, 1.54) is 96.3 Å². The number of nitrogens with zero attached hydrogens (tertiary/aromatic N) is 1. The van der Waals surface area contributed by atoms with Crippen molar-refractivity contribution in [2.45, 2.75) is 180 Å². The van der Waals surface area contributed by atoms with Crippen molar-refractivity contribution in [2.75, 3.05) is 40.9 Å². The van der Waals surface area contributed by atoms with Crippen LogP contribution in [0.15, 0.2) is 12.2 Å². The molecule has 0 aliphatic carbocycles. The third-order valence-corrected chi connectivity index (χ3v) is 9.50. The first kappa shape index (κ1) is 45.2. The van der Waals surface area contributed by atoms with Gasteiger partial charge in [-0.25, -0.2) is 4.57 Å². The van der Waals surface area contributed by atoms with Crippen LogP contribution in [0.5, 0.6) is 0 Å². The predicted octanol–water partition coefficient (Wildman–Crippen LogP) is 9.63. The molecular formula is C37H76N2O6P+. The zero-order valence-electron chi connectivity index (χ0n) is 30.8. The first-order valence-electron chi connectivity index (χ1n) is 19.1. The van der Waals surface area contributed by atoms with Gasteiger partial charge in [0.25, 0.3) is 0 Å². The maximum absolute atomic E-state index is 12.8. The molecule has 0 saturated heterocycles. The summed E-state index contributed by atoms with van der Waals surface area (Å²) in [7, 11) is 1.60. The molecule has 274 valence electrons. The molecule has 0 aliphatic rings. The number of phosphoric ester groups is 1. The van der Waals surface area contributed by atoms with Gasteiger partial charge in [-0.3, -0.25) is 13.8 Å². The Kier molecular flexibility index (Phi) is 29.8. The van der Waals surface area contributed by atoms with E-state index < -0.39 is 20.0 Å². The molecule has 0 aromatic carbocycles. The second kappa shape index (κ2) is 30.3. The van der Waals surface area contributed by atoms with Gasteiger partial charge in [0.1, 0.15) is 13.2 Å². The lowest BCUT2D eigenvalue weighted by atomic mass is 10.0. The molecule has 1 amide bonds. The van der Waals surface area contributed by atoms with E-state index in [2.05, 4.69) is 31.3 Å². The molecule has 3 atom stereocenters. The van der Waals surface area contributed by atoms with Crippen molar-refractivity contribution in [3.8, 4) is 0 Å². The fraction of sp³-hybridized carbons (Fsp3) is 0.919. The van der Waals surface area contributed by atoms with E-state index >= 15 is 0 Å². The van der Waals surface area contributed by atoms with E-state index in [0.717, 1.165) is 44.9 Å². The predicted molar refractivity (Wildman–Crippen MR) is 194 cm³/mol. The maximum atomic E-state index is 12.8. The standard InChI is InChI=1S/C37H75N2O6P/c1-6-8-10-12-14-16-18-19-21-22-24-26-28-30-36(40)35(34-45-46(42,43)44-33-32-39(3,4)5)38-37(41)31-29-27-25-23-20-17-15-13-11-9-7-2/h21-22,35-36,40H,6-20,23-34H2,1-5H3,(H-,38,41,42,43)/p+1/b22-21+/t35-,36+/m0/s1. The van der Waals surface area contributed by atoms with Crippen molar-refractivity contribution < 1.29 is 32.9 Å². The average Bonchev–Trinajstić information content (AvgIpc) is 2.99. The largest absolute Gasteiger partial charge is 0.472 e. The minimum Gasteiger partial charge on any atom is -0.391 e. The summed E-state index contributed by atoms with van der Waals surface area (Å²) in [5.41, 5.74) is 0. The molecule has 0 spiro atoms. The molecule has 0 bridgehead atoms. The third kappa shape index (κ3) is 31.8. The maximum Gasteiger partial charge on any atom is 0.472 e. The normalized spacial score (nSPS) is 14.8. The quantitative estimate of drug-likeness (QED) is 0.0272. The van der Waals surface area contributed by atoms with Gasteiger partial charge in [-0.2, -0.15) is 0 Å². The molecule has 46 heavy (non-hydrogen) atoms. The monoisotopic (exact) mass is 676 g/mol. The van der Waals surface area contributed by atoms with E-state index in [0.29, 0.717) is 23.9 Å². The van der Waals surface area contributed by atoms with Gasteiger partial charge < -0.3 is 19.8 Å². The Morgan fingerprint density at radius 1 is 0.717 bits per heavy atom. The number of hydrogen-bond donors (Lipinski definition) is 3. The molecule has 0 aliphatic heterocycles. The number of quaternary nitrogens is 1. The number of carbonyl (C=O) groups excluding carboxylic acids is 1. The van der Waals surface area contributed by atoms with Gasteiger partial charge in [0.05, 0.1) is 39.9 Å². The molecule has 3 N–H and O–H groups in total. The lowest BCUT2D eigenvalue weighted by Gasteiger charge is -2.26. The molecule has 1 unspecified atom stereocenters. The number of allylic oxidation sites excluding steroid dienone is 2. The number of carbonyl (C=O) groups is 1. The Bertz CT molecular complexity index is 773. The number of hydrogen-bond acceptors (Lipinski definition) is 5. The molecular weight excluding hydrogens is 599 g/mol. The fourth-order valence-corrected chi connectivity index (χ4v) is 6.13. The topological polar surface area (TPSA) is 105 Å². The first-order valence-corrected chi connectivity index (χ1v) is 20.5. The number of amides is 1. The van der Waals surface area contributed by atoms with Crippen LogP contribution in [0.1, 0.15) is 168 Å². The number of aliphatic hydroxyl groups excluding tert-OH is 1. The molecule has 9 heteroatoms. The number of phosphoric acid groups is 1. The second-order valence-corrected chi connectivity index (χ2v) is 15.8. The summed E-state index contributed by atoms with van der Waals surface area (Å²) in [5, 5.41) is 13.8. The van der Waals surface area contributed by atoms with Gasteiger partial charge in [-0.05, 0) is 38.5 Å². The second-order valence-electron chi connectivity index (χ2n) is 14.3. The SMILES string of the molecule is CCCCCCCCC/C=C/CCCC[C@@H](O)[C@H](COP(=O)(O)OCC[N+](C)(C)C)NC(=O)CCCCCCCCCCCCC. The number of aliphatic hydroxyl groups is 1. The van der Waals surface area contributed by atoms with Crippen LogP contribution in [-0.2, 0) is 18.4 Å². The number of likely N-dealkylation sites (N-methyl/N-ethyl adjacent to an activating group) is 1. The van der Waals surface area contributed by atoms with E-state index in [-0.39, 0.29) is 19.1 Å². The van der Waals surface area contributed by atoms with Crippen molar-refractivity contribution >= 4 is 13.7 Å². The third-order valence-electron chi connectivity index (χ3n) is 8.51. The van der Waals surface area contributed by atoms with Crippen molar-refractivity contribution in [3.63, 3.8) is 0 Å². The molecule has 0 saturated carbocycles. The minimum atomic E-state index is -4.31. The molecule has 8 nitrogen and oxygen atoms in total. The van der Waals surface area contributed by atoms with Crippen LogP contribution in [0.2, 0.25) is 0 Å². The van der Waals surface area contributed by atoms with Gasteiger partial charge in [0, 0.05) is 6.42 Å². The van der Waals surface area contributed by atoms with Gasteiger partial charge >= 0.3 is 7.82 Å². The highest BCUT2D eigenvalue weighted by Crippen LogP contribution is 2.43. The van der Waals surface area contributed by atoms with Crippen molar-refractivity contribution in [3.05, 3.63) is 12.2 Å². The summed E-state index contributed by atoms with van der Waals surface area (Å²) in [6, 6.07) is -0.768. The Morgan fingerprint density at radius 3 is 1.67 bits per heavy atom. The first-order chi connectivity index (χ1) is 22.0. The van der Waals surface area contributed by atoms with Crippen molar-refractivity contribution in [2.24, 2.45) is 0 Å². The van der Waals surface area contributed by atoms with Crippen LogP contribution in [0.25, 0.3) is 0 Å². The number of unbranched alkanes of at least 4 members (excludes halogenated alkanes) is 19. The molecule has 0 radical (unpaired) electrons. The Labute approximate surface area is 284 Å². The number of nitrogens with one attached hydrogen (secondary N) is 1. The highest BCUT2D eigenvalue weighted by Gasteiger charge is 2.28. The Morgan fingerprint density at radius 2 is 1.17 bits per heavy atom. The fourth-order valence-electron chi connectivity index (χ4n) is 5.39. The van der Waals surface area contributed by atoms with E-state index in [1.54, 1.807) is 0 Å². The van der Waals surface area contributed by atoms with Gasteiger partial charge in [0.15, 0.2) is 0 Å². The van der Waals surface area contributed by atoms with Gasteiger partial charge in [-0.15, -0.1) is 0 Å². The summed E-state index contributed by atoms with van der Waals surface area (Å²) in [6.07, 6.45) is 30.9. The lowest BCUT2D eigenvalue weighted by Crippen LogP contribution is -2.46. The van der Waals surface area contributed by atoms with Gasteiger partial charge in [-0.1, -0.05) is 135 Å². The van der Waals surface area contributed by atoms with Crippen LogP contribution in [0, 0.1) is 0 Å². The van der Waals surface area contributed by atoms with E-state index in [9.17, 15) is 19.4 Å². The summed E-state index contributed by atoms with van der Waals surface area (Å²) in [5.74, 6) is -0.157. The summed E-state index contributed by atoms with van der Waals surface area (Å²) in [4.78, 5) is 23.0. The van der Waals surface area contributed by atoms with E-state index in [4.69, 9.17) is 9.05 Å². The highest BCUT2D eigenvalue weighted by molar-refractivity contribution is 7.47.